The van der Waals surface area contributed by atoms with E-state index in [0.717, 1.165) is 0 Å². The number of methoxy groups -OCH3 is 1. The summed E-state index contributed by atoms with van der Waals surface area (Å²) >= 11 is 3.14. The normalized spacial score (nSPS) is 25.1. The van der Waals surface area contributed by atoms with Gasteiger partial charge in [-0.1, -0.05) is 22.0 Å². The lowest BCUT2D eigenvalue weighted by atomic mass is 10.1. The van der Waals surface area contributed by atoms with Crippen molar-refractivity contribution in [1.29, 1.82) is 0 Å². The van der Waals surface area contributed by atoms with Crippen LogP contribution in [-0.2, 0) is 19.4 Å². The van der Waals surface area contributed by atoms with Crippen molar-refractivity contribution in [3.05, 3.63) is 34.1 Å². The van der Waals surface area contributed by atoms with Gasteiger partial charge >= 0.3 is 5.97 Å². The summed E-state index contributed by atoms with van der Waals surface area (Å²) in [5, 5.41) is 2.83. The smallest absolute Gasteiger partial charge is 0.323 e. The Morgan fingerprint density at radius 3 is 2.75 bits per heavy atom. The van der Waals surface area contributed by atoms with Crippen molar-refractivity contribution in [2.45, 2.75) is 12.1 Å². The lowest BCUT2D eigenvalue weighted by molar-refractivity contribution is -0.142. The quantitative estimate of drug-likeness (QED) is 0.797. The van der Waals surface area contributed by atoms with Crippen LogP contribution in [0.2, 0.25) is 0 Å². The van der Waals surface area contributed by atoms with Crippen LogP contribution in [0.15, 0.2) is 22.7 Å². The van der Waals surface area contributed by atoms with Crippen LogP contribution in [0.4, 0.5) is 4.39 Å². The highest BCUT2D eigenvalue weighted by atomic mass is 79.9. The predicted molar refractivity (Wildman–Crippen MR) is 74.4 cm³/mol. The maximum Gasteiger partial charge on any atom is 0.323 e. The van der Waals surface area contributed by atoms with Crippen LogP contribution in [0.1, 0.15) is 11.6 Å². The third-order valence-electron chi connectivity index (χ3n) is 3.07. The highest BCUT2D eigenvalue weighted by Crippen LogP contribution is 2.26. The first-order valence-electron chi connectivity index (χ1n) is 5.81. The number of carbonyl (C=O) groups is 1. The zero-order chi connectivity index (χ0) is 14.9. The molecule has 2 atom stereocenters. The zero-order valence-corrected chi connectivity index (χ0v) is 13.0. The highest BCUT2D eigenvalue weighted by Gasteiger charge is 2.37. The molecule has 1 aromatic carbocycles. The van der Waals surface area contributed by atoms with E-state index >= 15 is 0 Å². The van der Waals surface area contributed by atoms with Crippen molar-refractivity contribution in [2.75, 3.05) is 18.6 Å². The second-order valence-electron chi connectivity index (χ2n) is 4.54. The van der Waals surface area contributed by atoms with E-state index in [1.165, 1.54) is 19.2 Å². The number of ether oxygens (including phenoxy) is 1. The average Bonchev–Trinajstić information content (AvgIpc) is 2.35. The Bertz CT molecular complexity index is 634. The second-order valence-corrected chi connectivity index (χ2v) is 7.61. The number of carbonyl (C=O) groups excluding carboxylic acids is 1. The second kappa shape index (κ2) is 5.79. The van der Waals surface area contributed by atoms with Gasteiger partial charge in [0.2, 0.25) is 0 Å². The minimum atomic E-state index is -3.45. The van der Waals surface area contributed by atoms with Gasteiger partial charge in [-0.15, -0.1) is 0 Å². The Morgan fingerprint density at radius 2 is 2.15 bits per heavy atom. The molecule has 0 aromatic heterocycles. The fourth-order valence-electron chi connectivity index (χ4n) is 2.16. The van der Waals surface area contributed by atoms with Gasteiger partial charge in [0.15, 0.2) is 9.84 Å². The van der Waals surface area contributed by atoms with Gasteiger partial charge in [-0.05, 0) is 12.1 Å². The first-order chi connectivity index (χ1) is 9.32. The molecule has 1 N–H and O–H groups in total. The highest BCUT2D eigenvalue weighted by molar-refractivity contribution is 9.10. The number of sulfone groups is 1. The molecular formula is C12H13BrFNO4S. The van der Waals surface area contributed by atoms with E-state index in [2.05, 4.69) is 26.0 Å². The summed E-state index contributed by atoms with van der Waals surface area (Å²) in [6, 6.07) is 2.62. The number of halogens is 2. The molecule has 1 saturated heterocycles. The van der Waals surface area contributed by atoms with Gasteiger partial charge in [-0.3, -0.25) is 10.1 Å². The Balaban J connectivity index is 2.33. The monoisotopic (exact) mass is 365 g/mol. The molecule has 0 amide bonds. The molecule has 20 heavy (non-hydrogen) atoms. The fraction of sp³-hybridized carbons (Fsp3) is 0.417. The Kier molecular flexibility index (Phi) is 4.46. The number of rotatable bonds is 2. The fourth-order valence-corrected chi connectivity index (χ4v) is 4.15. The van der Waals surface area contributed by atoms with Crippen LogP contribution < -0.4 is 5.32 Å². The molecule has 1 aliphatic rings. The lowest BCUT2D eigenvalue weighted by Gasteiger charge is -2.29. The summed E-state index contributed by atoms with van der Waals surface area (Å²) in [6.07, 6.45) is 0. The summed E-state index contributed by atoms with van der Waals surface area (Å²) in [7, 11) is -2.27. The van der Waals surface area contributed by atoms with E-state index in [-0.39, 0.29) is 17.1 Å². The van der Waals surface area contributed by atoms with E-state index in [9.17, 15) is 17.6 Å². The molecule has 0 radical (unpaired) electrons. The molecule has 5 nitrogen and oxygen atoms in total. The van der Waals surface area contributed by atoms with Gasteiger partial charge in [-0.25, -0.2) is 12.8 Å². The first kappa shape index (κ1) is 15.4. The number of esters is 1. The third kappa shape index (κ3) is 3.36. The molecular weight excluding hydrogens is 353 g/mol. The number of hydrogen-bond donors (Lipinski definition) is 1. The SMILES string of the molecule is COC(=O)C1CS(=O)(=O)CC(c2ccc(Br)cc2F)N1. The molecule has 110 valence electrons. The Hall–Kier alpha value is -0.990. The van der Waals surface area contributed by atoms with Crippen molar-refractivity contribution < 1.29 is 22.3 Å². The van der Waals surface area contributed by atoms with Crippen LogP contribution in [0.5, 0.6) is 0 Å². The average molecular weight is 366 g/mol. The van der Waals surface area contributed by atoms with Crippen molar-refractivity contribution in [1.82, 2.24) is 5.32 Å². The van der Waals surface area contributed by atoms with Gasteiger partial charge < -0.3 is 4.74 Å². The van der Waals surface area contributed by atoms with Gasteiger partial charge in [-0.2, -0.15) is 0 Å². The Labute approximate surface area is 124 Å². The maximum absolute atomic E-state index is 13.9. The van der Waals surface area contributed by atoms with E-state index in [1.807, 2.05) is 0 Å². The Morgan fingerprint density at radius 1 is 1.45 bits per heavy atom. The largest absolute Gasteiger partial charge is 0.468 e. The minimum Gasteiger partial charge on any atom is -0.468 e. The molecule has 1 heterocycles. The van der Waals surface area contributed by atoms with E-state index in [1.54, 1.807) is 6.07 Å². The van der Waals surface area contributed by atoms with Crippen molar-refractivity contribution in [3.63, 3.8) is 0 Å². The molecule has 2 rings (SSSR count). The zero-order valence-electron chi connectivity index (χ0n) is 10.6. The molecule has 0 bridgehead atoms. The first-order valence-corrected chi connectivity index (χ1v) is 8.43. The minimum absolute atomic E-state index is 0.213. The van der Waals surface area contributed by atoms with Crippen LogP contribution in [0, 0.1) is 5.82 Å². The summed E-state index contributed by atoms with van der Waals surface area (Å²) in [4.78, 5) is 11.5. The molecule has 0 saturated carbocycles. The van der Waals surface area contributed by atoms with Crippen LogP contribution in [-0.4, -0.2) is 39.0 Å². The number of hydrogen-bond acceptors (Lipinski definition) is 5. The van der Waals surface area contributed by atoms with Crippen LogP contribution in [0.25, 0.3) is 0 Å². The molecule has 1 aliphatic heterocycles. The van der Waals surface area contributed by atoms with Gasteiger partial charge in [0.05, 0.1) is 18.6 Å². The van der Waals surface area contributed by atoms with E-state index in [0.29, 0.717) is 4.47 Å². The third-order valence-corrected chi connectivity index (χ3v) is 5.24. The molecule has 2 unspecified atom stereocenters. The topological polar surface area (TPSA) is 72.5 Å². The summed E-state index contributed by atoms with van der Waals surface area (Å²) < 4.78 is 42.8. The van der Waals surface area contributed by atoms with E-state index in [4.69, 9.17) is 0 Å². The summed E-state index contributed by atoms with van der Waals surface area (Å²) in [6.45, 7) is 0. The maximum atomic E-state index is 13.9. The molecule has 0 spiro atoms. The molecule has 8 heteroatoms. The molecule has 0 aliphatic carbocycles. The summed E-state index contributed by atoms with van der Waals surface area (Å²) in [5.41, 5.74) is 0.213. The van der Waals surface area contributed by atoms with Crippen molar-refractivity contribution >= 4 is 31.7 Å². The van der Waals surface area contributed by atoms with Crippen molar-refractivity contribution in [3.8, 4) is 0 Å². The molecule has 1 fully saturated rings. The van der Waals surface area contributed by atoms with Gasteiger partial charge in [0.1, 0.15) is 11.9 Å². The van der Waals surface area contributed by atoms with Crippen LogP contribution >= 0.6 is 15.9 Å². The van der Waals surface area contributed by atoms with Gasteiger partial charge in [0.25, 0.3) is 0 Å². The molecule has 1 aromatic rings. The standard InChI is InChI=1S/C12H13BrFNO4S/c1-19-12(16)11-6-20(17,18)5-10(15-11)8-3-2-7(13)4-9(8)14/h2-4,10-11,15H,5-6H2,1H3. The number of benzene rings is 1. The van der Waals surface area contributed by atoms with Crippen LogP contribution in [0.3, 0.4) is 0 Å². The predicted octanol–water partition coefficient (Wildman–Crippen LogP) is 1.19. The lowest BCUT2D eigenvalue weighted by Crippen LogP contribution is -2.51. The van der Waals surface area contributed by atoms with Gasteiger partial charge in [0, 0.05) is 16.1 Å². The summed E-state index contributed by atoms with van der Waals surface area (Å²) in [5.74, 6) is -1.79. The number of nitrogens with one attached hydrogen (secondary N) is 1. The van der Waals surface area contributed by atoms with Crippen molar-refractivity contribution in [2.24, 2.45) is 0 Å². The van der Waals surface area contributed by atoms with E-state index < -0.39 is 33.7 Å².